The molecular formula is C21H21N5O3S2. The van der Waals surface area contributed by atoms with Crippen molar-refractivity contribution in [1.29, 1.82) is 0 Å². The molecule has 2 aromatic carbocycles. The summed E-state index contributed by atoms with van der Waals surface area (Å²) in [5.74, 6) is -0.300. The third-order valence-corrected chi connectivity index (χ3v) is 7.34. The zero-order valence-corrected chi connectivity index (χ0v) is 18.6. The minimum absolute atomic E-state index is 0.119. The van der Waals surface area contributed by atoms with Gasteiger partial charge in [0.1, 0.15) is 16.9 Å². The number of nitrogens with one attached hydrogen (secondary N) is 2. The number of hydrogen-bond donors (Lipinski definition) is 2. The highest BCUT2D eigenvalue weighted by molar-refractivity contribution is 7.90. The third-order valence-electron chi connectivity index (χ3n) is 5.06. The van der Waals surface area contributed by atoms with Crippen LogP contribution >= 0.6 is 11.3 Å². The Bertz CT molecular complexity index is 1240. The van der Waals surface area contributed by atoms with Crippen molar-refractivity contribution in [3.05, 3.63) is 60.2 Å². The second kappa shape index (κ2) is 8.56. The molecule has 31 heavy (non-hydrogen) atoms. The van der Waals surface area contributed by atoms with E-state index in [1.54, 1.807) is 18.2 Å². The number of hydrogen-bond acceptors (Lipinski definition) is 7. The molecule has 1 aliphatic heterocycles. The van der Waals surface area contributed by atoms with Crippen molar-refractivity contribution >= 4 is 38.2 Å². The minimum Gasteiger partial charge on any atom is -0.299 e. The molecule has 0 saturated heterocycles. The average molecular weight is 456 g/mol. The van der Waals surface area contributed by atoms with Gasteiger partial charge in [0.2, 0.25) is 5.13 Å². The molecule has 0 fully saturated rings. The average Bonchev–Trinajstić information content (AvgIpc) is 3.34. The fraction of sp³-hybridized carbons (Fsp3) is 0.238. The Morgan fingerprint density at radius 1 is 1.13 bits per heavy atom. The van der Waals surface area contributed by atoms with Crippen LogP contribution < -0.4 is 10.0 Å². The summed E-state index contributed by atoms with van der Waals surface area (Å²) in [5, 5.41) is 12.1. The van der Waals surface area contributed by atoms with E-state index in [0.717, 1.165) is 5.56 Å². The second-order valence-corrected chi connectivity index (χ2v) is 9.81. The number of carbonyl (C=O) groups is 1. The van der Waals surface area contributed by atoms with Crippen LogP contribution in [-0.4, -0.2) is 36.4 Å². The van der Waals surface area contributed by atoms with Crippen molar-refractivity contribution in [2.24, 2.45) is 10.9 Å². The normalized spacial score (nSPS) is 17.5. The number of fused-ring (bicyclic) bond motifs is 1. The molecule has 0 bridgehead atoms. The van der Waals surface area contributed by atoms with E-state index in [1.165, 1.54) is 17.4 Å². The smallest absolute Gasteiger partial charge is 0.263 e. The lowest BCUT2D eigenvalue weighted by atomic mass is 9.99. The zero-order valence-electron chi connectivity index (χ0n) is 16.9. The van der Waals surface area contributed by atoms with Gasteiger partial charge in [0.15, 0.2) is 0 Å². The highest BCUT2D eigenvalue weighted by Gasteiger charge is 2.33. The highest BCUT2D eigenvalue weighted by Crippen LogP contribution is 2.27. The standard InChI is InChI=1S/C21H21N5O3S2/c1-3-13(2)17(22-18-15-11-7-8-12-16(15)31(28,29)26-18)19(27)23-21-25-24-20(30-21)14-9-5-4-6-10-14/h4-13,17H,3H2,1-2H3,(H,22,26)(H,23,25,27)/t13-,17-/m0/s1. The number of carbonyl (C=O) groups excluding carboxylic acids is 1. The van der Waals surface area contributed by atoms with Crippen molar-refractivity contribution in [1.82, 2.24) is 14.9 Å². The van der Waals surface area contributed by atoms with Crippen molar-refractivity contribution in [2.45, 2.75) is 31.2 Å². The number of benzene rings is 2. The van der Waals surface area contributed by atoms with Crippen molar-refractivity contribution in [3.8, 4) is 10.6 Å². The Balaban J connectivity index is 1.60. The van der Waals surface area contributed by atoms with Gasteiger partial charge in [0.25, 0.3) is 15.9 Å². The maximum absolute atomic E-state index is 13.1. The summed E-state index contributed by atoms with van der Waals surface area (Å²) in [4.78, 5) is 17.7. The first-order chi connectivity index (χ1) is 14.9. The molecular weight excluding hydrogens is 434 g/mol. The van der Waals surface area contributed by atoms with E-state index in [1.807, 2.05) is 44.2 Å². The fourth-order valence-electron chi connectivity index (χ4n) is 3.19. The molecule has 1 aromatic heterocycles. The number of amidine groups is 1. The Morgan fingerprint density at radius 3 is 2.58 bits per heavy atom. The fourth-order valence-corrected chi connectivity index (χ4v) is 5.18. The van der Waals surface area contributed by atoms with Crippen LogP contribution in [0, 0.1) is 5.92 Å². The molecule has 1 amide bonds. The molecule has 0 radical (unpaired) electrons. The quantitative estimate of drug-likeness (QED) is 0.592. The number of rotatable bonds is 6. The van der Waals surface area contributed by atoms with Gasteiger partial charge in [-0.1, -0.05) is 74.1 Å². The summed E-state index contributed by atoms with van der Waals surface area (Å²) in [6.07, 6.45) is 0.689. The first-order valence-electron chi connectivity index (χ1n) is 9.79. The molecule has 0 aliphatic carbocycles. The van der Waals surface area contributed by atoms with Crippen molar-refractivity contribution < 1.29 is 13.2 Å². The Labute approximate surface area is 184 Å². The SMILES string of the molecule is CC[C@H](C)[C@H](N=C1NS(=O)(=O)c2ccccc21)C(=O)Nc1nnc(-c2ccccc2)s1. The third kappa shape index (κ3) is 4.35. The molecule has 2 atom stereocenters. The molecule has 0 saturated carbocycles. The first kappa shape index (κ1) is 21.1. The summed E-state index contributed by atoms with van der Waals surface area (Å²) in [6.45, 7) is 3.86. The molecule has 8 nitrogen and oxygen atoms in total. The maximum atomic E-state index is 13.1. The summed E-state index contributed by atoms with van der Waals surface area (Å²) in [6, 6.07) is 15.4. The highest BCUT2D eigenvalue weighted by atomic mass is 32.2. The molecule has 0 spiro atoms. The molecule has 160 valence electrons. The monoisotopic (exact) mass is 455 g/mol. The van der Waals surface area contributed by atoms with Gasteiger partial charge in [-0.25, -0.2) is 8.42 Å². The van der Waals surface area contributed by atoms with Gasteiger partial charge in [-0.3, -0.25) is 19.8 Å². The second-order valence-electron chi connectivity index (χ2n) is 7.18. The minimum atomic E-state index is -3.68. The summed E-state index contributed by atoms with van der Waals surface area (Å²) >= 11 is 1.27. The number of anilines is 1. The molecule has 4 rings (SSSR count). The predicted molar refractivity (Wildman–Crippen MR) is 121 cm³/mol. The zero-order chi connectivity index (χ0) is 22.0. The van der Waals surface area contributed by atoms with E-state index >= 15 is 0 Å². The number of amides is 1. The lowest BCUT2D eigenvalue weighted by Gasteiger charge is -2.18. The van der Waals surface area contributed by atoms with Gasteiger partial charge in [0, 0.05) is 11.1 Å². The Kier molecular flexibility index (Phi) is 5.84. The van der Waals surface area contributed by atoms with E-state index in [-0.39, 0.29) is 22.6 Å². The van der Waals surface area contributed by atoms with E-state index in [0.29, 0.717) is 22.1 Å². The van der Waals surface area contributed by atoms with Gasteiger partial charge in [-0.05, 0) is 18.1 Å². The topological polar surface area (TPSA) is 113 Å². The lowest BCUT2D eigenvalue weighted by molar-refractivity contribution is -0.118. The van der Waals surface area contributed by atoms with Gasteiger partial charge < -0.3 is 0 Å². The van der Waals surface area contributed by atoms with Crippen LogP contribution in [0.15, 0.2) is 64.5 Å². The molecule has 2 heterocycles. The van der Waals surface area contributed by atoms with Crippen LogP contribution in [-0.2, 0) is 14.8 Å². The van der Waals surface area contributed by atoms with Crippen LogP contribution in [0.1, 0.15) is 25.8 Å². The largest absolute Gasteiger partial charge is 0.299 e. The molecule has 10 heteroatoms. The Hall–Kier alpha value is -3.11. The molecule has 1 aliphatic rings. The van der Waals surface area contributed by atoms with Gasteiger partial charge in [-0.2, -0.15) is 0 Å². The van der Waals surface area contributed by atoms with Crippen molar-refractivity contribution in [3.63, 3.8) is 0 Å². The van der Waals surface area contributed by atoms with Crippen LogP contribution in [0.5, 0.6) is 0 Å². The molecule has 2 N–H and O–H groups in total. The van der Waals surface area contributed by atoms with E-state index < -0.39 is 16.1 Å². The van der Waals surface area contributed by atoms with E-state index in [4.69, 9.17) is 0 Å². The Morgan fingerprint density at radius 2 is 1.84 bits per heavy atom. The van der Waals surface area contributed by atoms with E-state index in [9.17, 15) is 13.2 Å². The lowest BCUT2D eigenvalue weighted by Crippen LogP contribution is -2.34. The molecule has 3 aromatic rings. The predicted octanol–water partition coefficient (Wildman–Crippen LogP) is 3.30. The van der Waals surface area contributed by atoms with Crippen LogP contribution in [0.4, 0.5) is 5.13 Å². The van der Waals surface area contributed by atoms with Crippen LogP contribution in [0.25, 0.3) is 10.6 Å². The number of aliphatic imine (C=N–C) groups is 1. The summed E-state index contributed by atoms with van der Waals surface area (Å²) in [5.41, 5.74) is 1.38. The first-order valence-corrected chi connectivity index (χ1v) is 12.1. The van der Waals surface area contributed by atoms with E-state index in [2.05, 4.69) is 25.2 Å². The van der Waals surface area contributed by atoms with Crippen molar-refractivity contribution in [2.75, 3.05) is 5.32 Å². The number of sulfonamides is 1. The van der Waals surface area contributed by atoms with Gasteiger partial charge in [0.05, 0.1) is 4.90 Å². The summed E-state index contributed by atoms with van der Waals surface area (Å²) < 4.78 is 27.2. The molecule has 0 unspecified atom stereocenters. The number of nitrogens with zero attached hydrogens (tertiary/aromatic N) is 3. The van der Waals surface area contributed by atoms with Gasteiger partial charge in [-0.15, -0.1) is 10.2 Å². The summed E-state index contributed by atoms with van der Waals surface area (Å²) in [7, 11) is -3.68. The maximum Gasteiger partial charge on any atom is 0.263 e. The van der Waals surface area contributed by atoms with Gasteiger partial charge >= 0.3 is 0 Å². The van der Waals surface area contributed by atoms with Crippen LogP contribution in [0.3, 0.4) is 0 Å². The van der Waals surface area contributed by atoms with Crippen LogP contribution in [0.2, 0.25) is 0 Å². The number of aromatic nitrogens is 2.